The van der Waals surface area contributed by atoms with E-state index in [4.69, 9.17) is 9.15 Å². The van der Waals surface area contributed by atoms with E-state index in [1.54, 1.807) is 0 Å². The number of aromatic hydroxyl groups is 4. The van der Waals surface area contributed by atoms with Gasteiger partial charge in [0.2, 0.25) is 0 Å². The van der Waals surface area contributed by atoms with Crippen molar-refractivity contribution in [2.75, 3.05) is 6.61 Å². The molecule has 1 aliphatic rings. The molecule has 10 nitrogen and oxygen atoms in total. The maximum atomic E-state index is 12.7. The Hall–Kier alpha value is -3.31. The summed E-state index contributed by atoms with van der Waals surface area (Å²) in [6, 6.07) is 5.63. The van der Waals surface area contributed by atoms with Crippen molar-refractivity contribution >= 4 is 11.0 Å². The van der Waals surface area contributed by atoms with Crippen LogP contribution in [-0.4, -0.2) is 60.7 Å². The molecular weight excluding hydrogens is 400 g/mol. The zero-order chi connectivity index (χ0) is 21.7. The molecule has 7 N–H and O–H groups in total. The highest BCUT2D eigenvalue weighted by molar-refractivity contribution is 5.89. The number of rotatable bonds is 2. The van der Waals surface area contributed by atoms with Crippen molar-refractivity contribution < 1.29 is 44.9 Å². The summed E-state index contributed by atoms with van der Waals surface area (Å²) < 4.78 is 11.1. The molecule has 1 aromatic heterocycles. The molecule has 1 aliphatic heterocycles. The molecule has 0 spiro atoms. The number of fused-ring (bicyclic) bond motifs is 1. The second-order valence-corrected chi connectivity index (χ2v) is 7.01. The molecule has 2 heterocycles. The molecule has 0 radical (unpaired) electrons. The lowest BCUT2D eigenvalue weighted by molar-refractivity contribution is -0.189. The van der Waals surface area contributed by atoms with E-state index >= 15 is 0 Å². The lowest BCUT2D eigenvalue weighted by Gasteiger charge is -2.35. The van der Waals surface area contributed by atoms with Crippen molar-refractivity contribution in [1.29, 1.82) is 0 Å². The SMILES string of the molecule is O=c1cc(-c2ccc(O)c(O)c2)oc2c([C@@H]3OC[C@@H](O)[C@@H](O)[C@H]3O)c(O)cc(O)c12. The van der Waals surface area contributed by atoms with Gasteiger partial charge in [0, 0.05) is 17.7 Å². The molecule has 1 saturated heterocycles. The third-order valence-electron chi connectivity index (χ3n) is 5.04. The summed E-state index contributed by atoms with van der Waals surface area (Å²) in [4.78, 5) is 12.7. The van der Waals surface area contributed by atoms with Gasteiger partial charge in [-0.25, -0.2) is 0 Å². The summed E-state index contributed by atoms with van der Waals surface area (Å²) in [5.74, 6) is -2.06. The number of phenols is 4. The average Bonchev–Trinajstić information content (AvgIpc) is 2.69. The first-order chi connectivity index (χ1) is 14.2. The van der Waals surface area contributed by atoms with Crippen molar-refractivity contribution in [3.05, 3.63) is 46.1 Å². The molecule has 158 valence electrons. The summed E-state index contributed by atoms with van der Waals surface area (Å²) in [6.07, 6.45) is -5.99. The van der Waals surface area contributed by atoms with Crippen molar-refractivity contribution in [2.45, 2.75) is 24.4 Å². The van der Waals surface area contributed by atoms with Gasteiger partial charge in [-0.05, 0) is 18.2 Å². The van der Waals surface area contributed by atoms with Crippen molar-refractivity contribution in [3.63, 3.8) is 0 Å². The molecule has 30 heavy (non-hydrogen) atoms. The Bertz CT molecular complexity index is 1180. The van der Waals surface area contributed by atoms with Gasteiger partial charge < -0.3 is 44.9 Å². The van der Waals surface area contributed by atoms with E-state index in [1.165, 1.54) is 12.1 Å². The predicted octanol–water partition coefficient (Wildman–Crippen LogP) is 0.436. The Morgan fingerprint density at radius 3 is 2.27 bits per heavy atom. The van der Waals surface area contributed by atoms with Crippen LogP contribution < -0.4 is 5.43 Å². The summed E-state index contributed by atoms with van der Waals surface area (Å²) in [6.45, 7) is -0.361. The van der Waals surface area contributed by atoms with Crippen LogP contribution in [0.1, 0.15) is 11.7 Å². The summed E-state index contributed by atoms with van der Waals surface area (Å²) in [5, 5.41) is 69.5. The number of hydrogen-bond acceptors (Lipinski definition) is 10. The standard InChI is InChI=1S/C20H18O10/c21-8-2-1-7(3-9(8)22)14-5-12(25)15-10(23)4-11(24)16(19(15)30-14)20-18(28)17(27)13(26)6-29-20/h1-5,13,17-18,20-24,26-28H,6H2/t13-,17-,18-,20+/m1/s1. The van der Waals surface area contributed by atoms with E-state index in [2.05, 4.69) is 0 Å². The Balaban J connectivity index is 1.97. The molecular formula is C20H18O10. The molecule has 1 fully saturated rings. The van der Waals surface area contributed by atoms with Crippen LogP contribution in [0.2, 0.25) is 0 Å². The maximum Gasteiger partial charge on any atom is 0.197 e. The molecule has 0 aliphatic carbocycles. The second kappa shape index (κ2) is 7.18. The smallest absolute Gasteiger partial charge is 0.197 e. The molecule has 3 aromatic rings. The van der Waals surface area contributed by atoms with Gasteiger partial charge >= 0.3 is 0 Å². The first kappa shape index (κ1) is 20.0. The zero-order valence-corrected chi connectivity index (χ0v) is 15.3. The normalized spacial score (nSPS) is 24.2. The number of phenolic OH excluding ortho intramolecular Hbond substituents is 4. The van der Waals surface area contributed by atoms with Gasteiger partial charge in [-0.3, -0.25) is 4.79 Å². The first-order valence-electron chi connectivity index (χ1n) is 8.90. The van der Waals surface area contributed by atoms with E-state index in [-0.39, 0.29) is 40.2 Å². The van der Waals surface area contributed by atoms with Gasteiger partial charge in [-0.2, -0.15) is 0 Å². The molecule has 4 rings (SSSR count). The van der Waals surface area contributed by atoms with E-state index in [0.717, 1.165) is 18.2 Å². The van der Waals surface area contributed by atoms with E-state index in [9.17, 15) is 40.5 Å². The molecule has 0 bridgehead atoms. The predicted molar refractivity (Wildman–Crippen MR) is 101 cm³/mol. The molecule has 0 saturated carbocycles. The lowest BCUT2D eigenvalue weighted by atomic mass is 9.92. The van der Waals surface area contributed by atoms with Crippen molar-refractivity contribution in [2.24, 2.45) is 0 Å². The average molecular weight is 418 g/mol. The van der Waals surface area contributed by atoms with Crippen LogP contribution in [0.15, 0.2) is 39.5 Å². The fraction of sp³-hybridized carbons (Fsp3) is 0.250. The number of aliphatic hydroxyl groups is 3. The lowest BCUT2D eigenvalue weighted by Crippen LogP contribution is -2.49. The van der Waals surface area contributed by atoms with Gasteiger partial charge in [-0.15, -0.1) is 0 Å². The Morgan fingerprint density at radius 2 is 1.57 bits per heavy atom. The van der Waals surface area contributed by atoms with Crippen LogP contribution in [0.4, 0.5) is 0 Å². The minimum absolute atomic E-state index is 0.0695. The summed E-state index contributed by atoms with van der Waals surface area (Å²) >= 11 is 0. The molecule has 10 heteroatoms. The quantitative estimate of drug-likeness (QED) is 0.288. The van der Waals surface area contributed by atoms with Gasteiger partial charge in [0.1, 0.15) is 47.1 Å². The van der Waals surface area contributed by atoms with Crippen molar-refractivity contribution in [1.82, 2.24) is 0 Å². The van der Waals surface area contributed by atoms with Gasteiger partial charge in [0.25, 0.3) is 0 Å². The highest BCUT2D eigenvalue weighted by Crippen LogP contribution is 2.43. The minimum atomic E-state index is -1.67. The van der Waals surface area contributed by atoms with Crippen LogP contribution >= 0.6 is 0 Å². The topological polar surface area (TPSA) is 181 Å². The minimum Gasteiger partial charge on any atom is -0.507 e. The van der Waals surface area contributed by atoms with Crippen LogP contribution in [0.5, 0.6) is 23.0 Å². The Morgan fingerprint density at radius 1 is 0.833 bits per heavy atom. The summed E-state index contributed by atoms with van der Waals surface area (Å²) in [5.41, 5.74) is -1.000. The number of benzene rings is 2. The van der Waals surface area contributed by atoms with Gasteiger partial charge in [-0.1, -0.05) is 0 Å². The van der Waals surface area contributed by atoms with Crippen LogP contribution in [-0.2, 0) is 4.74 Å². The number of hydrogen-bond donors (Lipinski definition) is 7. The summed E-state index contributed by atoms with van der Waals surface area (Å²) in [7, 11) is 0. The van der Waals surface area contributed by atoms with Crippen LogP contribution in [0, 0.1) is 0 Å². The third kappa shape index (κ3) is 3.12. The molecule has 2 aromatic carbocycles. The first-order valence-corrected chi connectivity index (χ1v) is 8.90. The van der Waals surface area contributed by atoms with Crippen LogP contribution in [0.25, 0.3) is 22.3 Å². The van der Waals surface area contributed by atoms with Gasteiger partial charge in [0.05, 0.1) is 12.2 Å². The van der Waals surface area contributed by atoms with E-state index in [1.807, 2.05) is 0 Å². The second-order valence-electron chi connectivity index (χ2n) is 7.01. The number of ether oxygens (including phenoxy) is 1. The largest absolute Gasteiger partial charge is 0.507 e. The van der Waals surface area contributed by atoms with E-state index < -0.39 is 47.1 Å². The highest BCUT2D eigenvalue weighted by Gasteiger charge is 2.41. The highest BCUT2D eigenvalue weighted by atomic mass is 16.5. The van der Waals surface area contributed by atoms with E-state index in [0.29, 0.717) is 0 Å². The zero-order valence-electron chi connectivity index (χ0n) is 15.3. The fourth-order valence-electron chi connectivity index (χ4n) is 3.48. The molecule has 4 atom stereocenters. The molecule has 0 unspecified atom stereocenters. The fourth-order valence-corrected chi connectivity index (χ4v) is 3.48. The Labute approximate surface area is 168 Å². The van der Waals surface area contributed by atoms with Gasteiger partial charge in [0.15, 0.2) is 22.5 Å². The Kier molecular flexibility index (Phi) is 4.79. The maximum absolute atomic E-state index is 12.7. The third-order valence-corrected chi connectivity index (χ3v) is 5.04. The number of aliphatic hydroxyl groups excluding tert-OH is 3. The van der Waals surface area contributed by atoms with Crippen LogP contribution in [0.3, 0.4) is 0 Å². The van der Waals surface area contributed by atoms with Crippen molar-refractivity contribution in [3.8, 4) is 34.3 Å². The molecule has 0 amide bonds. The monoisotopic (exact) mass is 418 g/mol.